The molecule has 3 rings (SSSR count). The summed E-state index contributed by atoms with van der Waals surface area (Å²) in [7, 11) is -0.945. The van der Waals surface area contributed by atoms with Crippen molar-refractivity contribution < 1.29 is 9.00 Å². The van der Waals surface area contributed by atoms with Gasteiger partial charge in [-0.3, -0.25) is 9.00 Å². The van der Waals surface area contributed by atoms with Crippen LogP contribution in [0.25, 0.3) is 5.69 Å². The highest BCUT2D eigenvalue weighted by Gasteiger charge is 2.14. The number of benzene rings is 2. The zero-order valence-electron chi connectivity index (χ0n) is 14.4. The van der Waals surface area contributed by atoms with E-state index in [-0.39, 0.29) is 11.6 Å². The predicted octanol–water partition coefficient (Wildman–Crippen LogP) is 3.96. The van der Waals surface area contributed by atoms with Crippen LogP contribution in [0.4, 0.5) is 5.69 Å². The number of hydrogen-bond donors (Lipinski definition) is 1. The fourth-order valence-corrected chi connectivity index (χ4v) is 3.57. The van der Waals surface area contributed by atoms with Crippen LogP contribution >= 0.6 is 11.6 Å². The lowest BCUT2D eigenvalue weighted by atomic mass is 10.1. The number of para-hydroxylation sites is 1. The molecule has 2 aromatic carbocycles. The van der Waals surface area contributed by atoms with E-state index in [9.17, 15) is 9.00 Å². The Morgan fingerprint density at radius 1 is 1.19 bits per heavy atom. The number of anilines is 1. The second-order valence-electron chi connectivity index (χ2n) is 5.86. The molecule has 26 heavy (non-hydrogen) atoms. The number of amides is 1. The average Bonchev–Trinajstić information content (AvgIpc) is 3.08. The third kappa shape index (κ3) is 4.03. The van der Waals surface area contributed by atoms with E-state index in [0.717, 1.165) is 11.1 Å². The van der Waals surface area contributed by atoms with Crippen LogP contribution in [0.5, 0.6) is 0 Å². The zero-order valence-corrected chi connectivity index (χ0v) is 16.0. The molecule has 5 nitrogen and oxygen atoms in total. The Hall–Kier alpha value is -2.44. The van der Waals surface area contributed by atoms with E-state index >= 15 is 0 Å². The third-order valence-electron chi connectivity index (χ3n) is 3.97. The van der Waals surface area contributed by atoms with E-state index in [0.29, 0.717) is 22.2 Å². The van der Waals surface area contributed by atoms with Gasteiger partial charge in [0.2, 0.25) is 0 Å². The molecule has 1 amide bonds. The number of carbonyl (C=O) groups is 1. The molecular formula is C19H18ClN3O2S. The highest BCUT2D eigenvalue weighted by Crippen LogP contribution is 2.22. The van der Waals surface area contributed by atoms with Gasteiger partial charge in [0.25, 0.3) is 5.91 Å². The highest BCUT2D eigenvalue weighted by atomic mass is 35.5. The van der Waals surface area contributed by atoms with Gasteiger partial charge < -0.3 is 5.32 Å². The Morgan fingerprint density at radius 3 is 2.69 bits per heavy atom. The summed E-state index contributed by atoms with van der Waals surface area (Å²) in [5.74, 6) is 0.144. The first-order valence-electron chi connectivity index (χ1n) is 7.96. The fraction of sp³-hybridized carbons (Fsp3) is 0.158. The van der Waals surface area contributed by atoms with Crippen molar-refractivity contribution in [3.63, 3.8) is 0 Å². The van der Waals surface area contributed by atoms with E-state index in [1.165, 1.54) is 0 Å². The second kappa shape index (κ2) is 7.85. The van der Waals surface area contributed by atoms with Gasteiger partial charge in [0.1, 0.15) is 0 Å². The fourth-order valence-electron chi connectivity index (χ4n) is 2.60. The summed E-state index contributed by atoms with van der Waals surface area (Å²) in [6, 6.07) is 14.5. The zero-order chi connectivity index (χ0) is 18.7. The lowest BCUT2D eigenvalue weighted by molar-refractivity contribution is 0.102. The normalized spacial score (nSPS) is 12.0. The Labute approximate surface area is 159 Å². The number of halogens is 1. The third-order valence-corrected chi connectivity index (χ3v) is 5.01. The molecule has 1 aromatic heterocycles. The van der Waals surface area contributed by atoms with Crippen molar-refractivity contribution >= 4 is 34.0 Å². The number of carbonyl (C=O) groups excluding carboxylic acids is 1. The van der Waals surface area contributed by atoms with Crippen molar-refractivity contribution in [2.75, 3.05) is 11.6 Å². The first kappa shape index (κ1) is 18.4. The standard InChI is InChI=1S/C19H18ClN3O2S/c1-13-14(12-26(2)25)6-5-8-16(13)21-19(24)17-10-11-23(22-17)18-9-4-3-7-15(18)20/h3-11H,12H2,1-2H3,(H,21,24)/t26-/m1/s1. The lowest BCUT2D eigenvalue weighted by Crippen LogP contribution is -2.14. The quantitative estimate of drug-likeness (QED) is 0.720. The molecule has 134 valence electrons. The number of nitrogens with one attached hydrogen (secondary N) is 1. The van der Waals surface area contributed by atoms with Crippen LogP contribution in [0.15, 0.2) is 54.7 Å². The van der Waals surface area contributed by atoms with Crippen LogP contribution in [-0.4, -0.2) is 26.2 Å². The SMILES string of the molecule is Cc1c(C[S@@](C)=O)cccc1NC(=O)c1ccn(-c2ccccc2Cl)n1. The van der Waals surface area contributed by atoms with Crippen LogP contribution in [0.3, 0.4) is 0 Å². The lowest BCUT2D eigenvalue weighted by Gasteiger charge is -2.11. The average molecular weight is 388 g/mol. The molecule has 0 aliphatic carbocycles. The molecule has 0 radical (unpaired) electrons. The summed E-state index contributed by atoms with van der Waals surface area (Å²) in [4.78, 5) is 12.5. The van der Waals surface area contributed by atoms with Crippen LogP contribution in [0.2, 0.25) is 5.02 Å². The number of rotatable bonds is 5. The predicted molar refractivity (Wildman–Crippen MR) is 105 cm³/mol. The number of hydrogen-bond acceptors (Lipinski definition) is 3. The minimum Gasteiger partial charge on any atom is -0.320 e. The Morgan fingerprint density at radius 2 is 1.96 bits per heavy atom. The van der Waals surface area contributed by atoms with Crippen molar-refractivity contribution in [1.29, 1.82) is 0 Å². The molecule has 3 aromatic rings. The van der Waals surface area contributed by atoms with Crippen molar-refractivity contribution in [3.8, 4) is 5.69 Å². The molecular weight excluding hydrogens is 370 g/mol. The summed E-state index contributed by atoms with van der Waals surface area (Å²) in [5, 5.41) is 7.74. The largest absolute Gasteiger partial charge is 0.320 e. The van der Waals surface area contributed by atoms with E-state index < -0.39 is 10.8 Å². The second-order valence-corrected chi connectivity index (χ2v) is 7.70. The molecule has 0 aliphatic heterocycles. The van der Waals surface area contributed by atoms with E-state index in [1.807, 2.05) is 43.3 Å². The topological polar surface area (TPSA) is 64.0 Å². The number of nitrogens with zero attached hydrogens (tertiary/aromatic N) is 2. The van der Waals surface area contributed by atoms with Crippen LogP contribution < -0.4 is 5.32 Å². The summed E-state index contributed by atoms with van der Waals surface area (Å²) in [5.41, 5.74) is 3.53. The van der Waals surface area contributed by atoms with Crippen LogP contribution in [-0.2, 0) is 16.6 Å². The summed E-state index contributed by atoms with van der Waals surface area (Å²) >= 11 is 6.17. The van der Waals surface area contributed by atoms with Gasteiger partial charge in [-0.05, 0) is 42.3 Å². The molecule has 1 N–H and O–H groups in total. The molecule has 0 saturated heterocycles. The molecule has 0 saturated carbocycles. The van der Waals surface area contributed by atoms with Gasteiger partial charge in [0.15, 0.2) is 5.69 Å². The first-order valence-corrected chi connectivity index (χ1v) is 10.1. The minimum absolute atomic E-state index is 0.286. The highest BCUT2D eigenvalue weighted by molar-refractivity contribution is 7.83. The van der Waals surface area contributed by atoms with Crippen LogP contribution in [0.1, 0.15) is 21.6 Å². The monoisotopic (exact) mass is 387 g/mol. The molecule has 7 heteroatoms. The Kier molecular flexibility index (Phi) is 5.54. The van der Waals surface area contributed by atoms with Crippen LogP contribution in [0, 0.1) is 6.92 Å². The summed E-state index contributed by atoms with van der Waals surface area (Å²) in [6.07, 6.45) is 3.35. The molecule has 1 heterocycles. The van der Waals surface area contributed by atoms with Crippen molar-refractivity contribution in [3.05, 3.63) is 76.6 Å². The van der Waals surface area contributed by atoms with Gasteiger partial charge in [0, 0.05) is 34.7 Å². The number of aromatic nitrogens is 2. The minimum atomic E-state index is -0.945. The molecule has 1 atom stereocenters. The Bertz CT molecular complexity index is 984. The first-order chi connectivity index (χ1) is 12.5. The maximum absolute atomic E-state index is 12.5. The summed E-state index contributed by atoms with van der Waals surface area (Å²) < 4.78 is 13.1. The van der Waals surface area contributed by atoms with Crippen molar-refractivity contribution in [2.24, 2.45) is 0 Å². The van der Waals surface area contributed by atoms with Gasteiger partial charge in [0.05, 0.1) is 10.7 Å². The maximum atomic E-state index is 12.5. The maximum Gasteiger partial charge on any atom is 0.276 e. The molecule has 0 unspecified atom stereocenters. The molecule has 0 bridgehead atoms. The van der Waals surface area contributed by atoms with Gasteiger partial charge >= 0.3 is 0 Å². The molecule has 0 aliphatic rings. The van der Waals surface area contributed by atoms with Gasteiger partial charge in [-0.1, -0.05) is 35.9 Å². The summed E-state index contributed by atoms with van der Waals surface area (Å²) in [6.45, 7) is 1.90. The van der Waals surface area contributed by atoms with Gasteiger partial charge in [-0.25, -0.2) is 4.68 Å². The Balaban J connectivity index is 1.82. The van der Waals surface area contributed by atoms with E-state index in [2.05, 4.69) is 10.4 Å². The van der Waals surface area contributed by atoms with E-state index in [4.69, 9.17) is 11.6 Å². The molecule has 0 spiro atoms. The smallest absolute Gasteiger partial charge is 0.276 e. The van der Waals surface area contributed by atoms with Gasteiger partial charge in [-0.15, -0.1) is 0 Å². The van der Waals surface area contributed by atoms with E-state index in [1.54, 1.807) is 29.3 Å². The molecule has 0 fully saturated rings. The van der Waals surface area contributed by atoms with Crippen molar-refractivity contribution in [2.45, 2.75) is 12.7 Å². The van der Waals surface area contributed by atoms with Gasteiger partial charge in [-0.2, -0.15) is 5.10 Å². The van der Waals surface area contributed by atoms with Crippen molar-refractivity contribution in [1.82, 2.24) is 9.78 Å².